The van der Waals surface area contributed by atoms with Gasteiger partial charge in [-0.1, -0.05) is 48.5 Å². The van der Waals surface area contributed by atoms with E-state index < -0.39 is 5.92 Å². The van der Waals surface area contributed by atoms with Crippen LogP contribution in [0.3, 0.4) is 0 Å². The highest BCUT2D eigenvalue weighted by Crippen LogP contribution is 2.26. The molecular formula is C15H10N4. The van der Waals surface area contributed by atoms with E-state index in [0.717, 1.165) is 16.5 Å². The lowest BCUT2D eigenvalue weighted by Crippen LogP contribution is -2.05. The summed E-state index contributed by atoms with van der Waals surface area (Å²) in [5, 5.41) is 22.1. The molecule has 4 heteroatoms. The molecule has 1 unspecified atom stereocenters. The minimum absolute atomic E-state index is 0.429. The zero-order valence-corrected chi connectivity index (χ0v) is 10.1. The number of rotatable bonds is 2. The van der Waals surface area contributed by atoms with Gasteiger partial charge in [-0.2, -0.15) is 5.26 Å². The van der Waals surface area contributed by atoms with Gasteiger partial charge in [0.1, 0.15) is 5.92 Å². The lowest BCUT2D eigenvalue weighted by atomic mass is 9.94. The second kappa shape index (κ2) is 4.83. The van der Waals surface area contributed by atoms with Crippen molar-refractivity contribution in [3.63, 3.8) is 0 Å². The van der Waals surface area contributed by atoms with Gasteiger partial charge in [-0.3, -0.25) is 0 Å². The zero-order chi connectivity index (χ0) is 13.1. The van der Waals surface area contributed by atoms with Gasteiger partial charge in [0, 0.05) is 5.39 Å². The molecular weight excluding hydrogens is 236 g/mol. The predicted molar refractivity (Wildman–Crippen MR) is 71.2 cm³/mol. The Morgan fingerprint density at radius 1 is 0.895 bits per heavy atom. The highest BCUT2D eigenvalue weighted by Gasteiger charge is 2.18. The van der Waals surface area contributed by atoms with Crippen molar-refractivity contribution in [2.24, 2.45) is 0 Å². The summed E-state index contributed by atoms with van der Waals surface area (Å²) < 4.78 is 0. The van der Waals surface area contributed by atoms with Gasteiger partial charge in [0.05, 0.1) is 17.3 Å². The van der Waals surface area contributed by atoms with Gasteiger partial charge < -0.3 is 0 Å². The van der Waals surface area contributed by atoms with Gasteiger partial charge in [-0.05, 0) is 16.8 Å². The summed E-state index contributed by atoms with van der Waals surface area (Å²) in [5.41, 5.74) is 2.32. The standard InChI is InChI=1S/C15H10N4/c16-10-13(11-6-2-1-3-7-11)15-12-8-4-5-9-14(12)17-19-18-15/h1-9,13H. The molecule has 19 heavy (non-hydrogen) atoms. The number of hydrogen-bond donors (Lipinski definition) is 0. The van der Waals surface area contributed by atoms with Crippen LogP contribution in [0.2, 0.25) is 0 Å². The van der Waals surface area contributed by atoms with Crippen LogP contribution in [0.4, 0.5) is 0 Å². The van der Waals surface area contributed by atoms with Gasteiger partial charge >= 0.3 is 0 Å². The Bertz CT molecular complexity index is 741. The molecule has 1 aromatic heterocycles. The molecule has 1 atom stereocenters. The number of aromatic nitrogens is 3. The van der Waals surface area contributed by atoms with E-state index in [2.05, 4.69) is 21.5 Å². The number of nitrogens with zero attached hydrogens (tertiary/aromatic N) is 4. The first kappa shape index (κ1) is 11.3. The first-order chi connectivity index (χ1) is 9.40. The van der Waals surface area contributed by atoms with E-state index in [1.807, 2.05) is 54.6 Å². The molecule has 0 saturated carbocycles. The van der Waals surface area contributed by atoms with Crippen molar-refractivity contribution < 1.29 is 0 Å². The molecule has 0 bridgehead atoms. The van der Waals surface area contributed by atoms with Crippen LogP contribution in [-0.4, -0.2) is 15.4 Å². The highest BCUT2D eigenvalue weighted by molar-refractivity contribution is 5.81. The van der Waals surface area contributed by atoms with Gasteiger partial charge in [0.25, 0.3) is 0 Å². The number of benzene rings is 2. The predicted octanol–water partition coefficient (Wildman–Crippen LogP) is 2.68. The summed E-state index contributed by atoms with van der Waals surface area (Å²) in [6.45, 7) is 0. The number of nitriles is 1. The van der Waals surface area contributed by atoms with Gasteiger partial charge in [0.15, 0.2) is 0 Å². The monoisotopic (exact) mass is 246 g/mol. The van der Waals surface area contributed by atoms with Gasteiger partial charge in [-0.15, -0.1) is 10.2 Å². The molecule has 0 saturated heterocycles. The van der Waals surface area contributed by atoms with Crippen LogP contribution in [0.1, 0.15) is 17.2 Å². The second-order valence-corrected chi connectivity index (χ2v) is 4.16. The van der Waals surface area contributed by atoms with E-state index in [9.17, 15) is 5.26 Å². The molecule has 4 nitrogen and oxygen atoms in total. The van der Waals surface area contributed by atoms with Crippen molar-refractivity contribution in [1.29, 1.82) is 5.26 Å². The minimum Gasteiger partial charge on any atom is -0.197 e. The number of hydrogen-bond acceptors (Lipinski definition) is 4. The fourth-order valence-electron chi connectivity index (χ4n) is 2.10. The average molecular weight is 246 g/mol. The SMILES string of the molecule is N#CC(c1ccccc1)c1nnnc2ccccc12. The smallest absolute Gasteiger partial charge is 0.116 e. The van der Waals surface area contributed by atoms with Crippen molar-refractivity contribution in [3.05, 3.63) is 65.9 Å². The molecule has 0 spiro atoms. The molecule has 2 aromatic carbocycles. The first-order valence-electron chi connectivity index (χ1n) is 5.92. The Morgan fingerprint density at radius 2 is 1.63 bits per heavy atom. The van der Waals surface area contributed by atoms with E-state index in [4.69, 9.17) is 0 Å². The van der Waals surface area contributed by atoms with Crippen LogP contribution in [0, 0.1) is 11.3 Å². The topological polar surface area (TPSA) is 62.5 Å². The summed E-state index contributed by atoms with van der Waals surface area (Å²) in [6.07, 6.45) is 0. The van der Waals surface area contributed by atoms with E-state index in [0.29, 0.717) is 5.69 Å². The molecule has 3 rings (SSSR count). The lowest BCUT2D eigenvalue weighted by molar-refractivity contribution is 0.826. The van der Waals surface area contributed by atoms with E-state index in [-0.39, 0.29) is 0 Å². The van der Waals surface area contributed by atoms with Crippen molar-refractivity contribution in [2.45, 2.75) is 5.92 Å². The Hall–Kier alpha value is -2.80. The van der Waals surface area contributed by atoms with E-state index >= 15 is 0 Å². The van der Waals surface area contributed by atoms with Gasteiger partial charge in [-0.25, -0.2) is 0 Å². The summed E-state index contributed by atoms with van der Waals surface area (Å²) >= 11 is 0. The van der Waals surface area contributed by atoms with Gasteiger partial charge in [0.2, 0.25) is 0 Å². The van der Waals surface area contributed by atoms with Crippen LogP contribution >= 0.6 is 0 Å². The summed E-state index contributed by atoms with van der Waals surface area (Å²) in [4.78, 5) is 0. The Morgan fingerprint density at radius 3 is 2.42 bits per heavy atom. The fourth-order valence-corrected chi connectivity index (χ4v) is 2.10. The van der Waals surface area contributed by atoms with Crippen molar-refractivity contribution >= 4 is 10.9 Å². The maximum absolute atomic E-state index is 9.45. The normalized spacial score (nSPS) is 11.9. The third-order valence-electron chi connectivity index (χ3n) is 3.02. The van der Waals surface area contributed by atoms with E-state index in [1.165, 1.54) is 0 Å². The van der Waals surface area contributed by atoms with Crippen LogP contribution in [-0.2, 0) is 0 Å². The molecule has 0 aliphatic rings. The summed E-state index contributed by atoms with van der Waals surface area (Å²) in [6, 6.07) is 19.5. The number of fused-ring (bicyclic) bond motifs is 1. The third-order valence-corrected chi connectivity index (χ3v) is 3.02. The Kier molecular flexibility index (Phi) is 2.87. The van der Waals surface area contributed by atoms with Crippen LogP contribution < -0.4 is 0 Å². The second-order valence-electron chi connectivity index (χ2n) is 4.16. The molecule has 0 aliphatic carbocycles. The van der Waals surface area contributed by atoms with E-state index in [1.54, 1.807) is 0 Å². The zero-order valence-electron chi connectivity index (χ0n) is 10.1. The maximum Gasteiger partial charge on any atom is 0.116 e. The summed E-state index contributed by atoms with van der Waals surface area (Å²) in [7, 11) is 0. The maximum atomic E-state index is 9.45. The largest absolute Gasteiger partial charge is 0.197 e. The Balaban J connectivity index is 2.21. The molecule has 0 N–H and O–H groups in total. The molecule has 0 fully saturated rings. The van der Waals surface area contributed by atoms with Crippen LogP contribution in [0.25, 0.3) is 10.9 Å². The van der Waals surface area contributed by atoms with Crippen molar-refractivity contribution in [1.82, 2.24) is 15.4 Å². The molecule has 1 heterocycles. The summed E-state index contributed by atoms with van der Waals surface area (Å²) in [5.74, 6) is -0.429. The minimum atomic E-state index is -0.429. The first-order valence-corrected chi connectivity index (χ1v) is 5.92. The molecule has 3 aromatic rings. The Labute approximate surface area is 110 Å². The quantitative estimate of drug-likeness (QED) is 0.697. The molecule has 0 amide bonds. The van der Waals surface area contributed by atoms with Crippen LogP contribution in [0.5, 0.6) is 0 Å². The molecule has 0 aliphatic heterocycles. The third kappa shape index (κ3) is 2.02. The lowest BCUT2D eigenvalue weighted by Gasteiger charge is -2.09. The van der Waals surface area contributed by atoms with Crippen molar-refractivity contribution in [3.8, 4) is 6.07 Å². The van der Waals surface area contributed by atoms with Crippen LogP contribution in [0.15, 0.2) is 54.6 Å². The average Bonchev–Trinajstić information content (AvgIpc) is 2.49. The van der Waals surface area contributed by atoms with Crippen molar-refractivity contribution in [2.75, 3.05) is 0 Å². The molecule has 90 valence electrons. The molecule has 0 radical (unpaired) electrons. The highest BCUT2D eigenvalue weighted by atomic mass is 15.3. The fraction of sp³-hybridized carbons (Fsp3) is 0.0667.